The van der Waals surface area contributed by atoms with Crippen LogP contribution in [0.2, 0.25) is 0 Å². The highest BCUT2D eigenvalue weighted by Gasteiger charge is 2.27. The van der Waals surface area contributed by atoms with Crippen molar-refractivity contribution in [3.05, 3.63) is 0 Å². The third-order valence-electron chi connectivity index (χ3n) is 3.73. The number of carboxylic acids is 1. The minimum absolute atomic E-state index is 0.0992. The number of aliphatic hydroxyl groups is 1. The molecule has 2 amide bonds. The molecule has 0 radical (unpaired) electrons. The maximum atomic E-state index is 11.7. The van der Waals surface area contributed by atoms with Gasteiger partial charge in [0, 0.05) is 6.04 Å². The Hall–Kier alpha value is -1.30. The summed E-state index contributed by atoms with van der Waals surface area (Å²) in [5.41, 5.74) is 0. The first-order valence-corrected chi connectivity index (χ1v) is 6.92. The lowest BCUT2D eigenvalue weighted by molar-refractivity contribution is -0.141. The molecule has 0 aromatic carbocycles. The zero-order valence-electron chi connectivity index (χ0n) is 11.6. The van der Waals surface area contributed by atoms with Gasteiger partial charge in [-0.2, -0.15) is 0 Å². The minimum atomic E-state index is -1.27. The molecule has 0 spiro atoms. The number of nitrogens with one attached hydrogen (secondary N) is 2. The third-order valence-corrected chi connectivity index (χ3v) is 3.73. The highest BCUT2D eigenvalue weighted by molar-refractivity contribution is 5.83. The molecule has 0 aromatic rings. The molecule has 1 aliphatic carbocycles. The predicted octanol–water partition coefficient (Wildman–Crippen LogP) is 1.09. The normalized spacial score (nSPS) is 26.3. The molecular formula is C13H24N2O4. The Kier molecular flexibility index (Phi) is 6.08. The van der Waals surface area contributed by atoms with Crippen LogP contribution in [-0.2, 0) is 4.79 Å². The fourth-order valence-corrected chi connectivity index (χ4v) is 2.55. The molecule has 0 aliphatic heterocycles. The van der Waals surface area contributed by atoms with Crippen molar-refractivity contribution < 1.29 is 19.8 Å². The Morgan fingerprint density at radius 2 is 2.05 bits per heavy atom. The van der Waals surface area contributed by atoms with Gasteiger partial charge in [-0.25, -0.2) is 9.59 Å². The van der Waals surface area contributed by atoms with Crippen LogP contribution >= 0.6 is 0 Å². The molecule has 0 saturated heterocycles. The molecule has 6 nitrogen and oxygen atoms in total. The first-order valence-electron chi connectivity index (χ1n) is 6.92. The Morgan fingerprint density at radius 3 is 2.58 bits per heavy atom. The lowest BCUT2D eigenvalue weighted by Crippen LogP contribution is -2.53. The van der Waals surface area contributed by atoms with Crippen molar-refractivity contribution >= 4 is 12.0 Å². The van der Waals surface area contributed by atoms with Gasteiger partial charge < -0.3 is 20.8 Å². The van der Waals surface area contributed by atoms with Crippen LogP contribution in [0.25, 0.3) is 0 Å². The van der Waals surface area contributed by atoms with E-state index in [9.17, 15) is 14.7 Å². The number of rotatable bonds is 5. The molecule has 110 valence electrons. The lowest BCUT2D eigenvalue weighted by atomic mass is 9.84. The number of urea groups is 1. The minimum Gasteiger partial charge on any atom is -0.480 e. The van der Waals surface area contributed by atoms with Crippen molar-refractivity contribution in [1.82, 2.24) is 10.6 Å². The zero-order valence-corrected chi connectivity index (χ0v) is 11.6. The van der Waals surface area contributed by atoms with Gasteiger partial charge in [-0.05, 0) is 25.7 Å². The van der Waals surface area contributed by atoms with Crippen LogP contribution in [0.4, 0.5) is 4.79 Å². The van der Waals surface area contributed by atoms with Crippen molar-refractivity contribution in [2.45, 2.75) is 64.1 Å². The summed E-state index contributed by atoms with van der Waals surface area (Å²) in [5.74, 6) is -0.605. The number of aliphatic hydroxyl groups excluding tert-OH is 1. The molecule has 0 bridgehead atoms. The van der Waals surface area contributed by atoms with E-state index in [1.165, 1.54) is 13.3 Å². The molecule has 19 heavy (non-hydrogen) atoms. The summed E-state index contributed by atoms with van der Waals surface area (Å²) in [6.45, 7) is 3.48. The van der Waals surface area contributed by atoms with E-state index in [4.69, 9.17) is 5.11 Å². The van der Waals surface area contributed by atoms with E-state index >= 15 is 0 Å². The Morgan fingerprint density at radius 1 is 1.37 bits per heavy atom. The van der Waals surface area contributed by atoms with Gasteiger partial charge in [0.05, 0.1) is 6.10 Å². The van der Waals surface area contributed by atoms with E-state index in [0.717, 1.165) is 25.7 Å². The third kappa shape index (κ3) is 5.06. The SMILES string of the molecule is CCC1CCCC(NC(=O)N[C@H](C(=O)O)[C@@H](C)O)C1. The monoisotopic (exact) mass is 272 g/mol. The Balaban J connectivity index is 2.43. The highest BCUT2D eigenvalue weighted by atomic mass is 16.4. The average molecular weight is 272 g/mol. The van der Waals surface area contributed by atoms with Gasteiger partial charge in [-0.15, -0.1) is 0 Å². The fourth-order valence-electron chi connectivity index (χ4n) is 2.55. The van der Waals surface area contributed by atoms with Gasteiger partial charge >= 0.3 is 12.0 Å². The summed E-state index contributed by atoms with van der Waals surface area (Å²) >= 11 is 0. The van der Waals surface area contributed by atoms with Gasteiger partial charge in [-0.1, -0.05) is 26.2 Å². The lowest BCUT2D eigenvalue weighted by Gasteiger charge is -2.29. The van der Waals surface area contributed by atoms with E-state index in [0.29, 0.717) is 5.92 Å². The summed E-state index contributed by atoms with van der Waals surface area (Å²) < 4.78 is 0. The fraction of sp³-hybridized carbons (Fsp3) is 0.846. The molecule has 1 saturated carbocycles. The molecule has 0 aromatic heterocycles. The number of carbonyl (C=O) groups excluding carboxylic acids is 1. The molecule has 1 aliphatic rings. The number of hydrogen-bond acceptors (Lipinski definition) is 3. The number of carboxylic acid groups (broad SMARTS) is 1. The Labute approximate surface area is 113 Å². The van der Waals surface area contributed by atoms with Crippen molar-refractivity contribution in [1.29, 1.82) is 0 Å². The first kappa shape index (κ1) is 15.8. The highest BCUT2D eigenvalue weighted by Crippen LogP contribution is 2.26. The quantitative estimate of drug-likeness (QED) is 0.602. The molecule has 1 fully saturated rings. The van der Waals surface area contributed by atoms with Crippen LogP contribution in [-0.4, -0.2) is 40.4 Å². The van der Waals surface area contributed by atoms with Crippen LogP contribution in [0.5, 0.6) is 0 Å². The van der Waals surface area contributed by atoms with Gasteiger partial charge in [0.25, 0.3) is 0 Å². The summed E-state index contributed by atoms with van der Waals surface area (Å²) in [5, 5.41) is 23.3. The molecule has 4 N–H and O–H groups in total. The van der Waals surface area contributed by atoms with Crippen molar-refractivity contribution in [3.63, 3.8) is 0 Å². The number of carbonyl (C=O) groups is 2. The van der Waals surface area contributed by atoms with Crippen LogP contribution in [0, 0.1) is 5.92 Å². The summed E-state index contributed by atoms with van der Waals surface area (Å²) in [7, 11) is 0. The molecule has 2 unspecified atom stereocenters. The maximum absolute atomic E-state index is 11.7. The maximum Gasteiger partial charge on any atom is 0.328 e. The van der Waals surface area contributed by atoms with Crippen molar-refractivity contribution in [2.75, 3.05) is 0 Å². The van der Waals surface area contributed by atoms with E-state index in [1.807, 2.05) is 0 Å². The second kappa shape index (κ2) is 7.33. The molecular weight excluding hydrogens is 248 g/mol. The smallest absolute Gasteiger partial charge is 0.328 e. The zero-order chi connectivity index (χ0) is 14.4. The topological polar surface area (TPSA) is 98.7 Å². The number of hydrogen-bond donors (Lipinski definition) is 4. The van der Waals surface area contributed by atoms with Crippen molar-refractivity contribution in [3.8, 4) is 0 Å². The van der Waals surface area contributed by atoms with Gasteiger partial charge in [0.2, 0.25) is 0 Å². The average Bonchev–Trinajstić information content (AvgIpc) is 2.35. The number of aliphatic carboxylic acids is 1. The summed E-state index contributed by atoms with van der Waals surface area (Å²) in [4.78, 5) is 22.6. The molecule has 0 heterocycles. The van der Waals surface area contributed by atoms with E-state index < -0.39 is 24.1 Å². The molecule has 6 heteroatoms. The van der Waals surface area contributed by atoms with E-state index in [-0.39, 0.29) is 6.04 Å². The van der Waals surface area contributed by atoms with Gasteiger partial charge in [0.1, 0.15) is 0 Å². The summed E-state index contributed by atoms with van der Waals surface area (Å²) in [6.07, 6.45) is 4.12. The van der Waals surface area contributed by atoms with Crippen LogP contribution < -0.4 is 10.6 Å². The molecule has 1 rings (SSSR count). The van der Waals surface area contributed by atoms with Crippen LogP contribution in [0.15, 0.2) is 0 Å². The van der Waals surface area contributed by atoms with Crippen LogP contribution in [0.1, 0.15) is 46.0 Å². The summed E-state index contributed by atoms with van der Waals surface area (Å²) in [6, 6.07) is -1.69. The second-order valence-electron chi connectivity index (χ2n) is 5.31. The standard InChI is InChI=1S/C13H24N2O4/c1-3-9-5-4-6-10(7-9)14-13(19)15-11(8(2)16)12(17)18/h8-11,16H,3-7H2,1-2H3,(H,17,18)(H2,14,15,19)/t8-,9?,10?,11+/m1/s1. The molecule has 4 atom stereocenters. The Bertz CT molecular complexity index is 320. The number of amides is 2. The predicted molar refractivity (Wildman–Crippen MR) is 70.8 cm³/mol. The van der Waals surface area contributed by atoms with Crippen LogP contribution in [0.3, 0.4) is 0 Å². The van der Waals surface area contributed by atoms with Gasteiger partial charge in [-0.3, -0.25) is 0 Å². The first-order chi connectivity index (χ1) is 8.93. The van der Waals surface area contributed by atoms with E-state index in [2.05, 4.69) is 17.6 Å². The van der Waals surface area contributed by atoms with Gasteiger partial charge in [0.15, 0.2) is 6.04 Å². The largest absolute Gasteiger partial charge is 0.480 e. The van der Waals surface area contributed by atoms with E-state index in [1.54, 1.807) is 0 Å². The second-order valence-corrected chi connectivity index (χ2v) is 5.31. The van der Waals surface area contributed by atoms with Crippen molar-refractivity contribution in [2.24, 2.45) is 5.92 Å².